The first-order valence-corrected chi connectivity index (χ1v) is 8.31. The number of ketones is 1. The normalized spacial score (nSPS) is 11.6. The number of hydrogen-bond donors (Lipinski definition) is 1. The van der Waals surface area contributed by atoms with E-state index in [-0.39, 0.29) is 17.2 Å². The van der Waals surface area contributed by atoms with Crippen LogP contribution >= 0.6 is 0 Å². The third kappa shape index (κ3) is 3.80. The molecule has 1 aromatic carbocycles. The summed E-state index contributed by atoms with van der Waals surface area (Å²) in [6.45, 7) is 5.15. The van der Waals surface area contributed by atoms with Gasteiger partial charge < -0.3 is 4.42 Å². The molecule has 0 aliphatic rings. The standard InChI is InChI=1S/C15H18N2O4S/c1-10-15(21-12(3)17-10)7-8-16-22(19,20)14-6-4-5-13(9-14)11(2)18/h4-6,9,16H,7-8H2,1-3H3. The first-order chi connectivity index (χ1) is 10.3. The number of aromatic nitrogens is 1. The molecule has 1 heterocycles. The van der Waals surface area contributed by atoms with Gasteiger partial charge in [-0.3, -0.25) is 4.79 Å². The van der Waals surface area contributed by atoms with E-state index in [0.29, 0.717) is 23.6 Å². The second-order valence-electron chi connectivity index (χ2n) is 4.97. The van der Waals surface area contributed by atoms with Gasteiger partial charge in [0.1, 0.15) is 5.76 Å². The molecule has 0 saturated carbocycles. The van der Waals surface area contributed by atoms with Crippen molar-refractivity contribution in [2.75, 3.05) is 6.54 Å². The van der Waals surface area contributed by atoms with Crippen LogP contribution in [0.4, 0.5) is 0 Å². The highest BCUT2D eigenvalue weighted by atomic mass is 32.2. The Hall–Kier alpha value is -1.99. The minimum Gasteiger partial charge on any atom is -0.446 e. The summed E-state index contributed by atoms with van der Waals surface area (Å²) in [6, 6.07) is 5.96. The highest BCUT2D eigenvalue weighted by molar-refractivity contribution is 7.89. The number of aryl methyl sites for hydroxylation is 2. The summed E-state index contributed by atoms with van der Waals surface area (Å²) in [5, 5.41) is 0. The van der Waals surface area contributed by atoms with Crippen LogP contribution in [-0.4, -0.2) is 25.7 Å². The maximum absolute atomic E-state index is 12.2. The predicted molar refractivity (Wildman–Crippen MR) is 81.3 cm³/mol. The lowest BCUT2D eigenvalue weighted by Gasteiger charge is -2.07. The van der Waals surface area contributed by atoms with E-state index in [1.165, 1.54) is 19.1 Å². The van der Waals surface area contributed by atoms with Gasteiger partial charge in [0.25, 0.3) is 0 Å². The van der Waals surface area contributed by atoms with Gasteiger partial charge in [-0.1, -0.05) is 12.1 Å². The average Bonchev–Trinajstić information content (AvgIpc) is 2.77. The monoisotopic (exact) mass is 322 g/mol. The Labute approximate surface area is 129 Å². The second-order valence-corrected chi connectivity index (χ2v) is 6.74. The Morgan fingerprint density at radius 2 is 2.05 bits per heavy atom. The highest BCUT2D eigenvalue weighted by Gasteiger charge is 2.16. The highest BCUT2D eigenvalue weighted by Crippen LogP contribution is 2.13. The van der Waals surface area contributed by atoms with Crippen molar-refractivity contribution in [1.29, 1.82) is 0 Å². The first-order valence-electron chi connectivity index (χ1n) is 6.83. The van der Waals surface area contributed by atoms with Gasteiger partial charge in [0.15, 0.2) is 11.7 Å². The van der Waals surface area contributed by atoms with Crippen molar-refractivity contribution in [1.82, 2.24) is 9.71 Å². The number of oxazole rings is 1. The molecule has 1 aromatic heterocycles. The van der Waals surface area contributed by atoms with Gasteiger partial charge in [-0.25, -0.2) is 18.1 Å². The van der Waals surface area contributed by atoms with Crippen LogP contribution in [-0.2, 0) is 16.4 Å². The van der Waals surface area contributed by atoms with Gasteiger partial charge in [0, 0.05) is 25.5 Å². The Morgan fingerprint density at radius 3 is 2.64 bits per heavy atom. The molecule has 0 aliphatic heterocycles. The molecule has 0 bridgehead atoms. The Morgan fingerprint density at radius 1 is 1.32 bits per heavy atom. The van der Waals surface area contributed by atoms with Crippen LogP contribution in [0.25, 0.3) is 0 Å². The summed E-state index contributed by atoms with van der Waals surface area (Å²) in [5.41, 5.74) is 1.12. The second kappa shape index (κ2) is 6.41. The lowest BCUT2D eigenvalue weighted by atomic mass is 10.2. The molecule has 0 fully saturated rings. The minimum absolute atomic E-state index is 0.0747. The van der Waals surface area contributed by atoms with E-state index in [1.54, 1.807) is 19.1 Å². The van der Waals surface area contributed by atoms with E-state index in [0.717, 1.165) is 5.69 Å². The van der Waals surface area contributed by atoms with Crippen LogP contribution in [0.15, 0.2) is 33.6 Å². The van der Waals surface area contributed by atoms with Crippen LogP contribution in [0.1, 0.15) is 34.6 Å². The molecule has 118 valence electrons. The average molecular weight is 322 g/mol. The fourth-order valence-electron chi connectivity index (χ4n) is 2.07. The Balaban J connectivity index is 2.06. The van der Waals surface area contributed by atoms with Gasteiger partial charge in [-0.2, -0.15) is 0 Å². The summed E-state index contributed by atoms with van der Waals surface area (Å²) in [6.07, 6.45) is 0.415. The third-order valence-corrected chi connectivity index (χ3v) is 4.65. The fourth-order valence-corrected chi connectivity index (χ4v) is 3.15. The van der Waals surface area contributed by atoms with Crippen molar-refractivity contribution in [3.8, 4) is 0 Å². The third-order valence-electron chi connectivity index (χ3n) is 3.19. The van der Waals surface area contributed by atoms with E-state index < -0.39 is 10.0 Å². The van der Waals surface area contributed by atoms with Crippen LogP contribution in [0, 0.1) is 13.8 Å². The molecule has 7 heteroatoms. The van der Waals surface area contributed by atoms with Gasteiger partial charge in [0.05, 0.1) is 10.6 Å². The zero-order valence-corrected chi connectivity index (χ0v) is 13.5. The number of benzene rings is 1. The van der Waals surface area contributed by atoms with Crippen LogP contribution in [0.5, 0.6) is 0 Å². The van der Waals surface area contributed by atoms with Gasteiger partial charge >= 0.3 is 0 Å². The Bertz CT molecular complexity index is 794. The molecule has 2 rings (SSSR count). The molecule has 22 heavy (non-hydrogen) atoms. The van der Waals surface area contributed by atoms with Crippen molar-refractivity contribution >= 4 is 15.8 Å². The van der Waals surface area contributed by atoms with Crippen molar-refractivity contribution in [2.45, 2.75) is 32.1 Å². The molecular weight excluding hydrogens is 304 g/mol. The lowest BCUT2D eigenvalue weighted by Crippen LogP contribution is -2.26. The van der Waals surface area contributed by atoms with Gasteiger partial charge in [-0.05, 0) is 26.0 Å². The smallest absolute Gasteiger partial charge is 0.240 e. The van der Waals surface area contributed by atoms with Crippen LogP contribution in [0.3, 0.4) is 0 Å². The van der Waals surface area contributed by atoms with E-state index in [9.17, 15) is 13.2 Å². The number of sulfonamides is 1. The molecule has 6 nitrogen and oxygen atoms in total. The van der Waals surface area contributed by atoms with Gasteiger partial charge in [0.2, 0.25) is 10.0 Å². The number of carbonyl (C=O) groups is 1. The summed E-state index contributed by atoms with van der Waals surface area (Å²) in [4.78, 5) is 15.5. The molecule has 0 spiro atoms. The van der Waals surface area contributed by atoms with E-state index in [2.05, 4.69) is 9.71 Å². The van der Waals surface area contributed by atoms with E-state index in [1.807, 2.05) is 6.92 Å². The number of Topliss-reactive ketones (excluding diaryl/α,β-unsaturated/α-hetero) is 1. The fraction of sp³-hybridized carbons (Fsp3) is 0.333. The molecule has 1 N–H and O–H groups in total. The van der Waals surface area contributed by atoms with Crippen molar-refractivity contribution < 1.29 is 17.6 Å². The summed E-state index contributed by atoms with van der Waals surface area (Å²) < 4.78 is 32.3. The summed E-state index contributed by atoms with van der Waals surface area (Å²) >= 11 is 0. The largest absolute Gasteiger partial charge is 0.446 e. The zero-order valence-electron chi connectivity index (χ0n) is 12.7. The van der Waals surface area contributed by atoms with Crippen molar-refractivity contribution in [2.24, 2.45) is 0 Å². The molecule has 0 aliphatic carbocycles. The molecule has 0 saturated heterocycles. The van der Waals surface area contributed by atoms with Crippen LogP contribution in [0.2, 0.25) is 0 Å². The summed E-state index contributed by atoms with van der Waals surface area (Å²) in [5.74, 6) is 1.05. The first kappa shape index (κ1) is 16.4. The van der Waals surface area contributed by atoms with E-state index >= 15 is 0 Å². The number of rotatable bonds is 6. The molecular formula is C15H18N2O4S. The number of hydrogen-bond acceptors (Lipinski definition) is 5. The topological polar surface area (TPSA) is 89.3 Å². The molecule has 2 aromatic rings. The number of carbonyl (C=O) groups excluding carboxylic acids is 1. The molecule has 0 amide bonds. The summed E-state index contributed by atoms with van der Waals surface area (Å²) in [7, 11) is -3.66. The Kier molecular flexibility index (Phi) is 4.77. The maximum Gasteiger partial charge on any atom is 0.240 e. The predicted octanol–water partition coefficient (Wildman–Crippen LogP) is 2.02. The van der Waals surface area contributed by atoms with Crippen LogP contribution < -0.4 is 4.72 Å². The number of nitrogens with zero attached hydrogens (tertiary/aromatic N) is 1. The van der Waals surface area contributed by atoms with Crippen molar-refractivity contribution in [3.63, 3.8) is 0 Å². The van der Waals surface area contributed by atoms with E-state index in [4.69, 9.17) is 4.42 Å². The zero-order chi connectivity index (χ0) is 16.3. The van der Waals surface area contributed by atoms with Crippen molar-refractivity contribution in [3.05, 3.63) is 47.2 Å². The SMILES string of the molecule is CC(=O)c1cccc(S(=O)(=O)NCCc2oc(C)nc2C)c1. The lowest BCUT2D eigenvalue weighted by molar-refractivity contribution is 0.101. The molecule has 0 radical (unpaired) electrons. The van der Waals surface area contributed by atoms with Gasteiger partial charge in [-0.15, -0.1) is 0 Å². The minimum atomic E-state index is -3.66. The quantitative estimate of drug-likeness (QED) is 0.822. The molecule has 0 unspecified atom stereocenters. The maximum atomic E-state index is 12.2. The number of nitrogens with one attached hydrogen (secondary N) is 1. The molecule has 0 atom stereocenters.